The Morgan fingerprint density at radius 1 is 0.854 bits per heavy atom. The van der Waals surface area contributed by atoms with Gasteiger partial charge >= 0.3 is 6.18 Å². The molecule has 0 atom stereocenters. The van der Waals surface area contributed by atoms with Crippen LogP contribution in [0.5, 0.6) is 5.75 Å². The number of hydrogen-bond acceptors (Lipinski definition) is 5. The minimum Gasteiger partial charge on any atom is -0.482 e. The number of rotatable bonds is 9. The summed E-state index contributed by atoms with van der Waals surface area (Å²) in [4.78, 5) is 25.2. The van der Waals surface area contributed by atoms with Gasteiger partial charge in [-0.1, -0.05) is 59.6 Å². The predicted molar refractivity (Wildman–Crippen MR) is 149 cm³/mol. The third kappa shape index (κ3) is 7.57. The van der Waals surface area contributed by atoms with Crippen molar-refractivity contribution in [2.45, 2.75) is 11.1 Å². The standard InChI is InChI=1S/C28H19Cl2F3N2O5S/c29-19-9-11-24(22(14-19)27(37)17-5-2-1-3-6-17)34-26(36)16-40-25-12-10-21(15-23(25)30)41(38,39)35-20-8-4-7-18(13-20)28(31,32)33/h1-15,35H,16H2,(H,34,36). The first-order chi connectivity index (χ1) is 19.3. The van der Waals surface area contributed by atoms with Crippen LogP contribution in [0.2, 0.25) is 10.0 Å². The highest BCUT2D eigenvalue weighted by molar-refractivity contribution is 7.92. The summed E-state index contributed by atoms with van der Waals surface area (Å²) in [6.07, 6.45) is -4.65. The van der Waals surface area contributed by atoms with E-state index in [0.29, 0.717) is 16.7 Å². The summed E-state index contributed by atoms with van der Waals surface area (Å²) in [6.45, 7) is -0.546. The molecule has 0 aliphatic carbocycles. The van der Waals surface area contributed by atoms with Crippen LogP contribution >= 0.6 is 23.2 Å². The first-order valence-corrected chi connectivity index (χ1v) is 13.9. The van der Waals surface area contributed by atoms with E-state index >= 15 is 0 Å². The number of hydrogen-bond donors (Lipinski definition) is 2. The van der Waals surface area contributed by atoms with Crippen molar-refractivity contribution >= 4 is 56.3 Å². The van der Waals surface area contributed by atoms with Gasteiger partial charge in [-0.25, -0.2) is 8.42 Å². The lowest BCUT2D eigenvalue weighted by Gasteiger charge is -2.14. The van der Waals surface area contributed by atoms with Crippen molar-refractivity contribution in [1.29, 1.82) is 0 Å². The quantitative estimate of drug-likeness (QED) is 0.195. The number of nitrogens with one attached hydrogen (secondary N) is 2. The van der Waals surface area contributed by atoms with Gasteiger partial charge in [0, 0.05) is 21.8 Å². The fourth-order valence-electron chi connectivity index (χ4n) is 3.63. The summed E-state index contributed by atoms with van der Waals surface area (Å²) in [6, 6.07) is 19.9. The van der Waals surface area contributed by atoms with E-state index in [1.54, 1.807) is 30.3 Å². The molecule has 0 radical (unpaired) electrons. The van der Waals surface area contributed by atoms with Gasteiger partial charge in [0.25, 0.3) is 15.9 Å². The van der Waals surface area contributed by atoms with Crippen LogP contribution in [0.4, 0.5) is 24.5 Å². The van der Waals surface area contributed by atoms with E-state index in [1.165, 1.54) is 30.3 Å². The van der Waals surface area contributed by atoms with Crippen molar-refractivity contribution < 1.29 is 35.9 Å². The second kappa shape index (κ2) is 12.2. The molecule has 0 spiro atoms. The number of ether oxygens (including phenoxy) is 1. The normalized spacial score (nSPS) is 11.5. The van der Waals surface area contributed by atoms with Crippen LogP contribution in [0.1, 0.15) is 21.5 Å². The second-order valence-corrected chi connectivity index (χ2v) is 11.0. The second-order valence-electron chi connectivity index (χ2n) is 8.50. The Hall–Kier alpha value is -4.06. The van der Waals surface area contributed by atoms with Gasteiger partial charge in [-0.15, -0.1) is 0 Å². The number of amides is 1. The number of carbonyl (C=O) groups is 2. The Balaban J connectivity index is 1.43. The van der Waals surface area contributed by atoms with Gasteiger partial charge in [0.05, 0.1) is 21.2 Å². The highest BCUT2D eigenvalue weighted by atomic mass is 35.5. The van der Waals surface area contributed by atoms with Gasteiger partial charge in [-0.3, -0.25) is 14.3 Å². The molecule has 13 heteroatoms. The minimum absolute atomic E-state index is 0.0310. The summed E-state index contributed by atoms with van der Waals surface area (Å²) < 4.78 is 71.8. The number of anilines is 2. The van der Waals surface area contributed by atoms with E-state index < -0.39 is 34.3 Å². The molecule has 0 aliphatic heterocycles. The molecule has 4 rings (SSSR count). The molecule has 0 aliphatic rings. The average Bonchev–Trinajstić information content (AvgIpc) is 2.93. The molecule has 0 saturated heterocycles. The van der Waals surface area contributed by atoms with Crippen molar-refractivity contribution in [3.63, 3.8) is 0 Å². The molecule has 0 heterocycles. The van der Waals surface area contributed by atoms with Crippen molar-refractivity contribution in [2.24, 2.45) is 0 Å². The topological polar surface area (TPSA) is 102 Å². The average molecular weight is 623 g/mol. The monoisotopic (exact) mass is 622 g/mol. The lowest BCUT2D eigenvalue weighted by molar-refractivity contribution is -0.137. The molecular weight excluding hydrogens is 604 g/mol. The van der Waals surface area contributed by atoms with Gasteiger partial charge in [0.15, 0.2) is 12.4 Å². The fourth-order valence-corrected chi connectivity index (χ4v) is 5.17. The molecule has 2 N–H and O–H groups in total. The van der Waals surface area contributed by atoms with Crippen LogP contribution in [0.25, 0.3) is 0 Å². The maximum Gasteiger partial charge on any atom is 0.416 e. The van der Waals surface area contributed by atoms with Crippen molar-refractivity contribution in [3.8, 4) is 5.75 Å². The summed E-state index contributed by atoms with van der Waals surface area (Å²) in [5, 5.41) is 2.71. The lowest BCUT2D eigenvalue weighted by Crippen LogP contribution is -2.22. The van der Waals surface area contributed by atoms with Crippen molar-refractivity contribution in [1.82, 2.24) is 0 Å². The van der Waals surface area contributed by atoms with Gasteiger partial charge in [0.1, 0.15) is 5.75 Å². The fraction of sp³-hybridized carbons (Fsp3) is 0.0714. The number of sulfonamides is 1. The van der Waals surface area contributed by atoms with Crippen LogP contribution in [-0.2, 0) is 21.0 Å². The zero-order valence-corrected chi connectivity index (χ0v) is 23.0. The molecule has 212 valence electrons. The Morgan fingerprint density at radius 3 is 2.27 bits per heavy atom. The van der Waals surface area contributed by atoms with E-state index in [-0.39, 0.29) is 38.4 Å². The molecular formula is C28H19Cl2F3N2O5S. The first kappa shape index (κ1) is 29.9. The van der Waals surface area contributed by atoms with Gasteiger partial charge in [-0.2, -0.15) is 13.2 Å². The SMILES string of the molecule is O=C(COc1ccc(S(=O)(=O)Nc2cccc(C(F)(F)F)c2)cc1Cl)Nc1ccc(Cl)cc1C(=O)c1ccccc1. The van der Waals surface area contributed by atoms with Crippen LogP contribution in [0, 0.1) is 0 Å². The summed E-state index contributed by atoms with van der Waals surface area (Å²) in [5.41, 5.74) is -0.554. The highest BCUT2D eigenvalue weighted by Crippen LogP contribution is 2.32. The molecule has 0 aromatic heterocycles. The van der Waals surface area contributed by atoms with E-state index in [2.05, 4.69) is 10.0 Å². The van der Waals surface area contributed by atoms with E-state index in [0.717, 1.165) is 24.3 Å². The Morgan fingerprint density at radius 2 is 1.59 bits per heavy atom. The van der Waals surface area contributed by atoms with Gasteiger partial charge < -0.3 is 10.1 Å². The Bertz CT molecular complexity index is 1720. The summed E-state index contributed by atoms with van der Waals surface area (Å²) in [7, 11) is -4.31. The predicted octanol–water partition coefficient (Wildman–Crippen LogP) is 7.06. The molecule has 1 amide bonds. The van der Waals surface area contributed by atoms with Crippen LogP contribution in [0.15, 0.2) is 95.9 Å². The summed E-state index contributed by atoms with van der Waals surface area (Å²) >= 11 is 12.2. The van der Waals surface area contributed by atoms with E-state index in [9.17, 15) is 31.2 Å². The number of carbonyl (C=O) groups excluding carboxylic acids is 2. The lowest BCUT2D eigenvalue weighted by atomic mass is 10.0. The first-order valence-electron chi connectivity index (χ1n) is 11.6. The molecule has 0 fully saturated rings. The van der Waals surface area contributed by atoms with Gasteiger partial charge in [0.2, 0.25) is 0 Å². The molecule has 4 aromatic rings. The Labute approximate surface area is 242 Å². The van der Waals surface area contributed by atoms with E-state index in [1.807, 2.05) is 0 Å². The molecule has 41 heavy (non-hydrogen) atoms. The molecule has 4 aromatic carbocycles. The maximum absolute atomic E-state index is 13.0. The molecule has 0 saturated carbocycles. The van der Waals surface area contributed by atoms with Crippen LogP contribution in [0.3, 0.4) is 0 Å². The largest absolute Gasteiger partial charge is 0.482 e. The number of ketones is 1. The number of halogens is 5. The molecule has 7 nitrogen and oxygen atoms in total. The van der Waals surface area contributed by atoms with Gasteiger partial charge in [-0.05, 0) is 54.6 Å². The van der Waals surface area contributed by atoms with Crippen LogP contribution in [-0.4, -0.2) is 26.7 Å². The van der Waals surface area contributed by atoms with Crippen LogP contribution < -0.4 is 14.8 Å². The highest BCUT2D eigenvalue weighted by Gasteiger charge is 2.31. The smallest absolute Gasteiger partial charge is 0.416 e. The minimum atomic E-state index is -4.65. The summed E-state index contributed by atoms with van der Waals surface area (Å²) in [5.74, 6) is -1.03. The number of alkyl halides is 3. The number of benzene rings is 4. The van der Waals surface area contributed by atoms with Crippen molar-refractivity contribution in [2.75, 3.05) is 16.6 Å². The van der Waals surface area contributed by atoms with E-state index in [4.69, 9.17) is 27.9 Å². The third-order valence-electron chi connectivity index (χ3n) is 5.55. The zero-order chi connectivity index (χ0) is 29.8. The zero-order valence-electron chi connectivity index (χ0n) is 20.7. The Kier molecular flexibility index (Phi) is 8.91. The van der Waals surface area contributed by atoms with Crippen molar-refractivity contribution in [3.05, 3.63) is 118 Å². The molecule has 0 unspecified atom stereocenters. The third-order valence-corrected chi connectivity index (χ3v) is 7.46. The molecule has 0 bridgehead atoms. The maximum atomic E-state index is 13.0.